The summed E-state index contributed by atoms with van der Waals surface area (Å²) in [4.78, 5) is 11.3. The fourth-order valence-electron chi connectivity index (χ4n) is 1.10. The van der Waals surface area contributed by atoms with Crippen LogP contribution in [0.25, 0.3) is 0 Å². The average Bonchev–Trinajstić information content (AvgIpc) is 2.24. The van der Waals surface area contributed by atoms with Crippen LogP contribution >= 0.6 is 17.7 Å². The molecule has 1 rings (SSSR count). The van der Waals surface area contributed by atoms with Crippen molar-refractivity contribution in [3.05, 3.63) is 35.9 Å². The number of rotatable bonds is 5. The van der Waals surface area contributed by atoms with Gasteiger partial charge in [0.15, 0.2) is 6.49 Å². The van der Waals surface area contributed by atoms with Crippen molar-refractivity contribution >= 4 is 23.7 Å². The van der Waals surface area contributed by atoms with Gasteiger partial charge in [-0.15, -0.1) is 0 Å². The van der Waals surface area contributed by atoms with Crippen molar-refractivity contribution in [1.82, 2.24) is 0 Å². The smallest absolute Gasteiger partial charge is 0.306 e. The molecule has 0 saturated carbocycles. The van der Waals surface area contributed by atoms with Crippen molar-refractivity contribution in [2.45, 2.75) is 13.0 Å². The van der Waals surface area contributed by atoms with Crippen LogP contribution in [0.4, 0.5) is 0 Å². The van der Waals surface area contributed by atoms with E-state index in [0.29, 0.717) is 0 Å². The van der Waals surface area contributed by atoms with Crippen LogP contribution in [-0.4, -0.2) is 18.8 Å². The number of carbonyl (C=O) groups excluding carboxylic acids is 1. The maximum Gasteiger partial charge on any atom is 0.306 e. The summed E-state index contributed by atoms with van der Waals surface area (Å²) >= 11 is 5.54. The minimum atomic E-state index is -2.64. The van der Waals surface area contributed by atoms with Crippen molar-refractivity contribution in [3.63, 3.8) is 0 Å². The van der Waals surface area contributed by atoms with Crippen molar-refractivity contribution in [3.8, 4) is 0 Å². The second kappa shape index (κ2) is 6.07. The van der Waals surface area contributed by atoms with Gasteiger partial charge in [-0.25, -0.2) is 0 Å². The highest BCUT2D eigenvalue weighted by Gasteiger charge is 2.13. The molecule has 1 atom stereocenters. The molecular formula is C11H14ClO3P. The van der Waals surface area contributed by atoms with Gasteiger partial charge < -0.3 is 9.30 Å². The Balaban J connectivity index is 2.29. The Morgan fingerprint density at radius 1 is 1.38 bits per heavy atom. The number of hydrogen-bond acceptors (Lipinski definition) is 3. The van der Waals surface area contributed by atoms with E-state index in [4.69, 9.17) is 16.0 Å². The zero-order chi connectivity index (χ0) is 12.0. The lowest BCUT2D eigenvalue weighted by atomic mass is 10.2. The molecule has 0 aliphatic carbocycles. The van der Waals surface area contributed by atoms with Gasteiger partial charge in [0.2, 0.25) is 0 Å². The molecule has 0 radical (unpaired) electrons. The molecule has 0 aromatic heterocycles. The highest BCUT2D eigenvalue weighted by Crippen LogP contribution is 2.47. The maximum atomic E-state index is 11.3. The van der Waals surface area contributed by atoms with Gasteiger partial charge in [0.05, 0.1) is 6.42 Å². The van der Waals surface area contributed by atoms with Gasteiger partial charge >= 0.3 is 5.97 Å². The quantitative estimate of drug-likeness (QED) is 0.603. The number of benzene rings is 1. The van der Waals surface area contributed by atoms with E-state index in [9.17, 15) is 9.36 Å². The fourth-order valence-corrected chi connectivity index (χ4v) is 1.94. The topological polar surface area (TPSA) is 43.4 Å². The molecule has 0 N–H and O–H groups in total. The molecular weight excluding hydrogens is 247 g/mol. The largest absolute Gasteiger partial charge is 0.461 e. The third kappa shape index (κ3) is 5.94. The molecule has 0 fully saturated rings. The van der Waals surface area contributed by atoms with Gasteiger partial charge in [0.25, 0.3) is 0 Å². The first kappa shape index (κ1) is 13.3. The molecule has 0 saturated heterocycles. The van der Waals surface area contributed by atoms with Crippen LogP contribution in [0.15, 0.2) is 30.3 Å². The van der Waals surface area contributed by atoms with E-state index < -0.39 is 6.49 Å². The standard InChI is InChI=1S/C11H14ClO3P/c1-16(12,14)8-7-11(13)15-9-10-5-3-2-4-6-10/h2-6H,7-9H2,1H3. The average molecular weight is 261 g/mol. The Hall–Kier alpha value is -0.790. The van der Waals surface area contributed by atoms with Gasteiger partial charge in [-0.05, 0) is 5.56 Å². The van der Waals surface area contributed by atoms with E-state index in [2.05, 4.69) is 0 Å². The second-order valence-electron chi connectivity index (χ2n) is 3.61. The number of halogens is 1. The molecule has 0 bridgehead atoms. The van der Waals surface area contributed by atoms with Crippen LogP contribution in [0.5, 0.6) is 0 Å². The number of esters is 1. The van der Waals surface area contributed by atoms with Crippen LogP contribution < -0.4 is 0 Å². The van der Waals surface area contributed by atoms with E-state index in [-0.39, 0.29) is 25.2 Å². The van der Waals surface area contributed by atoms with Crippen molar-refractivity contribution in [1.29, 1.82) is 0 Å². The Bertz CT molecular complexity index is 385. The molecule has 0 aliphatic rings. The molecule has 16 heavy (non-hydrogen) atoms. The van der Waals surface area contributed by atoms with Crippen LogP contribution in [0.3, 0.4) is 0 Å². The second-order valence-corrected chi connectivity index (χ2v) is 8.17. The van der Waals surface area contributed by atoms with Crippen LogP contribution in [0.2, 0.25) is 0 Å². The Labute approximate surface area is 99.9 Å². The van der Waals surface area contributed by atoms with E-state index in [1.165, 1.54) is 6.66 Å². The van der Waals surface area contributed by atoms with Crippen molar-refractivity contribution < 1.29 is 14.1 Å². The van der Waals surface area contributed by atoms with Gasteiger partial charge in [-0.3, -0.25) is 4.79 Å². The summed E-state index contributed by atoms with van der Waals surface area (Å²) in [6.07, 6.45) is 0.284. The third-order valence-corrected chi connectivity index (χ3v) is 3.49. The lowest BCUT2D eigenvalue weighted by molar-refractivity contribution is -0.144. The summed E-state index contributed by atoms with van der Waals surface area (Å²) in [5.74, 6) is -0.369. The maximum absolute atomic E-state index is 11.3. The molecule has 0 heterocycles. The first-order chi connectivity index (χ1) is 7.47. The van der Waals surface area contributed by atoms with Gasteiger partial charge in [-0.1, -0.05) is 41.6 Å². The molecule has 3 nitrogen and oxygen atoms in total. The van der Waals surface area contributed by atoms with Crippen LogP contribution in [0, 0.1) is 0 Å². The van der Waals surface area contributed by atoms with Gasteiger partial charge in [-0.2, -0.15) is 0 Å². The summed E-state index contributed by atoms with van der Waals surface area (Å²) in [5.41, 5.74) is 0.932. The van der Waals surface area contributed by atoms with Gasteiger partial charge in [0.1, 0.15) is 6.61 Å². The number of carbonyl (C=O) groups is 1. The fraction of sp³-hybridized carbons (Fsp3) is 0.364. The Morgan fingerprint density at radius 2 is 2.00 bits per heavy atom. The molecule has 1 unspecified atom stereocenters. The summed E-state index contributed by atoms with van der Waals surface area (Å²) in [5, 5.41) is 0. The third-order valence-electron chi connectivity index (χ3n) is 1.96. The predicted molar refractivity (Wildman–Crippen MR) is 65.1 cm³/mol. The molecule has 88 valence electrons. The molecule has 0 aliphatic heterocycles. The monoisotopic (exact) mass is 260 g/mol. The summed E-state index contributed by atoms with van der Waals surface area (Å²) < 4.78 is 16.2. The van der Waals surface area contributed by atoms with Crippen LogP contribution in [-0.2, 0) is 20.7 Å². The number of ether oxygens (including phenoxy) is 1. The van der Waals surface area contributed by atoms with Crippen molar-refractivity contribution in [2.24, 2.45) is 0 Å². The van der Waals surface area contributed by atoms with Crippen molar-refractivity contribution in [2.75, 3.05) is 12.8 Å². The predicted octanol–water partition coefficient (Wildman–Crippen LogP) is 3.27. The van der Waals surface area contributed by atoms with Gasteiger partial charge in [0, 0.05) is 12.8 Å². The zero-order valence-electron chi connectivity index (χ0n) is 9.06. The summed E-state index contributed by atoms with van der Waals surface area (Å²) in [6.45, 7) is -0.954. The minimum absolute atomic E-state index is 0.101. The summed E-state index contributed by atoms with van der Waals surface area (Å²) in [6, 6.07) is 9.40. The molecule has 1 aromatic carbocycles. The first-order valence-electron chi connectivity index (χ1n) is 4.93. The highest BCUT2D eigenvalue weighted by molar-refractivity contribution is 7.88. The first-order valence-corrected chi connectivity index (χ1v) is 8.17. The lowest BCUT2D eigenvalue weighted by Gasteiger charge is -2.05. The molecule has 0 amide bonds. The molecule has 0 spiro atoms. The Morgan fingerprint density at radius 3 is 2.56 bits per heavy atom. The normalized spacial score (nSPS) is 14.1. The highest BCUT2D eigenvalue weighted by atomic mass is 35.7. The SMILES string of the molecule is CP(=O)(Cl)CCC(=O)OCc1ccccc1. The Kier molecular flexibility index (Phi) is 5.04. The van der Waals surface area contributed by atoms with E-state index >= 15 is 0 Å². The summed E-state index contributed by atoms with van der Waals surface area (Å²) in [7, 11) is 0. The molecule has 5 heteroatoms. The molecule has 1 aromatic rings. The van der Waals surface area contributed by atoms with E-state index in [0.717, 1.165) is 5.56 Å². The van der Waals surface area contributed by atoms with E-state index in [1.807, 2.05) is 30.3 Å². The van der Waals surface area contributed by atoms with E-state index in [1.54, 1.807) is 0 Å². The number of hydrogen-bond donors (Lipinski definition) is 0. The lowest BCUT2D eigenvalue weighted by Crippen LogP contribution is -2.06. The minimum Gasteiger partial charge on any atom is -0.461 e. The zero-order valence-corrected chi connectivity index (χ0v) is 10.7. The van der Waals surface area contributed by atoms with Crippen LogP contribution in [0.1, 0.15) is 12.0 Å².